The van der Waals surface area contributed by atoms with Crippen LogP contribution < -0.4 is 10.6 Å². The number of nitrogens with zero attached hydrogens (tertiary/aromatic N) is 1. The van der Waals surface area contributed by atoms with Crippen LogP contribution in [0.15, 0.2) is 67.0 Å². The van der Waals surface area contributed by atoms with Gasteiger partial charge in [0.1, 0.15) is 0 Å². The van der Waals surface area contributed by atoms with Gasteiger partial charge in [-0.1, -0.05) is 42.1 Å². The van der Waals surface area contributed by atoms with Gasteiger partial charge in [0, 0.05) is 43.8 Å². The highest BCUT2D eigenvalue weighted by Gasteiger charge is 2.28. The van der Waals surface area contributed by atoms with Crippen LogP contribution in [-0.4, -0.2) is 50.6 Å². The largest absolute Gasteiger partial charge is 0.478 e. The van der Waals surface area contributed by atoms with Gasteiger partial charge in [-0.15, -0.1) is 0 Å². The molecule has 0 spiro atoms. The Hall–Kier alpha value is -3.66. The molecule has 4 N–H and O–H groups in total. The second kappa shape index (κ2) is 16.0. The summed E-state index contributed by atoms with van der Waals surface area (Å²) >= 11 is 1.28. The van der Waals surface area contributed by atoms with Crippen molar-refractivity contribution in [2.45, 2.75) is 38.6 Å². The lowest BCUT2D eigenvalue weighted by atomic mass is 9.89. The van der Waals surface area contributed by atoms with Crippen LogP contribution in [0, 0.1) is 0 Å². The van der Waals surface area contributed by atoms with Crippen molar-refractivity contribution in [2.75, 3.05) is 12.3 Å². The number of pyridine rings is 1. The maximum atomic E-state index is 12.4. The van der Waals surface area contributed by atoms with Gasteiger partial charge in [-0.2, -0.15) is 0 Å². The molecule has 0 radical (unpaired) electrons. The molecule has 1 atom stereocenters. The Morgan fingerprint density at radius 2 is 1.60 bits per heavy atom. The number of carboxylic acid groups (broad SMARTS) is 2. The smallest absolute Gasteiger partial charge is 0.328 e. The van der Waals surface area contributed by atoms with E-state index in [1.54, 1.807) is 19.3 Å². The first kappa shape index (κ1) is 29.4. The highest BCUT2D eigenvalue weighted by molar-refractivity contribution is 8.13. The summed E-state index contributed by atoms with van der Waals surface area (Å²) in [5, 5.41) is 21.7. The number of nitrogens with one attached hydrogen (secondary N) is 2. The van der Waals surface area contributed by atoms with E-state index in [1.807, 2.05) is 49.4 Å². The molecule has 1 aromatic heterocycles. The zero-order valence-corrected chi connectivity index (χ0v) is 20.6. The Bertz CT molecular complexity index is 969. The van der Waals surface area contributed by atoms with Crippen molar-refractivity contribution < 1.29 is 29.4 Å². The molecule has 2 amide bonds. The van der Waals surface area contributed by atoms with Crippen molar-refractivity contribution in [2.24, 2.45) is 0 Å². The maximum Gasteiger partial charge on any atom is 0.328 e. The fourth-order valence-electron chi connectivity index (χ4n) is 2.97. The SMILES string of the molecule is CC(=O)SCCC(C)(NC(=O)NCCCc1ccncc1)c1ccccc1.O=C(O)/C=C/C(=O)O. The third kappa shape index (κ3) is 13.6. The normalized spacial score (nSPS) is 12.1. The van der Waals surface area contributed by atoms with Crippen LogP contribution >= 0.6 is 11.8 Å². The molecule has 1 heterocycles. The average Bonchev–Trinajstić information content (AvgIpc) is 2.82. The number of carbonyl (C=O) groups excluding carboxylic acids is 2. The number of aliphatic carboxylic acids is 2. The summed E-state index contributed by atoms with van der Waals surface area (Å²) in [7, 11) is 0. The number of amides is 2. The molecule has 0 saturated carbocycles. The highest BCUT2D eigenvalue weighted by atomic mass is 32.2. The molecule has 2 aromatic rings. The van der Waals surface area contributed by atoms with Gasteiger partial charge < -0.3 is 20.8 Å². The van der Waals surface area contributed by atoms with Crippen LogP contribution in [0.3, 0.4) is 0 Å². The number of hydrogen-bond acceptors (Lipinski definition) is 6. The van der Waals surface area contributed by atoms with Crippen LogP contribution in [0.4, 0.5) is 4.79 Å². The summed E-state index contributed by atoms with van der Waals surface area (Å²) in [6.07, 6.45) is 7.10. The lowest BCUT2D eigenvalue weighted by molar-refractivity contribution is -0.134. The lowest BCUT2D eigenvalue weighted by Gasteiger charge is -2.31. The number of carboxylic acids is 2. The second-order valence-corrected chi connectivity index (χ2v) is 8.91. The molecule has 0 bridgehead atoms. The zero-order valence-electron chi connectivity index (χ0n) is 19.8. The van der Waals surface area contributed by atoms with E-state index in [0.29, 0.717) is 30.9 Å². The first-order valence-corrected chi connectivity index (χ1v) is 11.9. The second-order valence-electron chi connectivity index (χ2n) is 7.64. The number of aryl methyl sites for hydroxylation is 1. The van der Waals surface area contributed by atoms with E-state index < -0.39 is 17.5 Å². The molecule has 0 fully saturated rings. The monoisotopic (exact) mass is 501 g/mol. The first-order valence-electron chi connectivity index (χ1n) is 10.9. The Morgan fingerprint density at radius 1 is 1.00 bits per heavy atom. The fraction of sp³-hybridized carbons (Fsp3) is 0.320. The number of rotatable bonds is 11. The van der Waals surface area contributed by atoms with Gasteiger partial charge in [0.2, 0.25) is 0 Å². The fourth-order valence-corrected chi connectivity index (χ4v) is 3.76. The van der Waals surface area contributed by atoms with Crippen LogP contribution in [0.25, 0.3) is 0 Å². The minimum Gasteiger partial charge on any atom is -0.478 e. The maximum absolute atomic E-state index is 12.4. The van der Waals surface area contributed by atoms with Crippen molar-refractivity contribution in [3.8, 4) is 0 Å². The van der Waals surface area contributed by atoms with Gasteiger partial charge in [-0.05, 0) is 49.4 Å². The number of hydrogen-bond donors (Lipinski definition) is 4. The predicted octanol–water partition coefficient (Wildman–Crippen LogP) is 3.61. The van der Waals surface area contributed by atoms with Gasteiger partial charge in [-0.25, -0.2) is 14.4 Å². The van der Waals surface area contributed by atoms with E-state index in [1.165, 1.54) is 17.3 Å². The molecule has 188 valence electrons. The molecule has 0 aliphatic heterocycles. The summed E-state index contributed by atoms with van der Waals surface area (Å²) in [5.41, 5.74) is 1.71. The zero-order chi connectivity index (χ0) is 26.1. The molecule has 1 aromatic carbocycles. The Balaban J connectivity index is 0.000000658. The summed E-state index contributed by atoms with van der Waals surface area (Å²) in [6.45, 7) is 4.16. The molecule has 1 unspecified atom stereocenters. The van der Waals surface area contributed by atoms with E-state index in [0.717, 1.165) is 18.4 Å². The van der Waals surface area contributed by atoms with Crippen LogP contribution in [0.5, 0.6) is 0 Å². The van der Waals surface area contributed by atoms with E-state index in [-0.39, 0.29) is 11.1 Å². The van der Waals surface area contributed by atoms with E-state index in [2.05, 4.69) is 15.6 Å². The van der Waals surface area contributed by atoms with Crippen molar-refractivity contribution in [1.82, 2.24) is 15.6 Å². The van der Waals surface area contributed by atoms with Gasteiger partial charge in [-0.3, -0.25) is 9.78 Å². The summed E-state index contributed by atoms with van der Waals surface area (Å²) < 4.78 is 0. The highest BCUT2D eigenvalue weighted by Crippen LogP contribution is 2.26. The average molecular weight is 502 g/mol. The summed E-state index contributed by atoms with van der Waals surface area (Å²) in [4.78, 5) is 46.8. The summed E-state index contributed by atoms with van der Waals surface area (Å²) in [6, 6.07) is 13.7. The van der Waals surface area contributed by atoms with Crippen molar-refractivity contribution >= 4 is 34.8 Å². The van der Waals surface area contributed by atoms with Crippen molar-refractivity contribution in [1.29, 1.82) is 0 Å². The van der Waals surface area contributed by atoms with Crippen molar-refractivity contribution in [3.63, 3.8) is 0 Å². The number of carbonyl (C=O) groups is 4. The Morgan fingerprint density at radius 3 is 2.14 bits per heavy atom. The molecule has 2 rings (SSSR count). The Labute approximate surface area is 209 Å². The number of benzene rings is 1. The third-order valence-corrected chi connectivity index (χ3v) is 5.57. The molecular formula is C25H31N3O6S. The molecule has 10 heteroatoms. The van der Waals surface area contributed by atoms with Gasteiger partial charge in [0.05, 0.1) is 5.54 Å². The number of urea groups is 1. The molecule has 9 nitrogen and oxygen atoms in total. The minimum absolute atomic E-state index is 0.0889. The van der Waals surface area contributed by atoms with E-state index >= 15 is 0 Å². The molecule has 0 saturated heterocycles. The molecule has 0 aliphatic carbocycles. The third-order valence-electron chi connectivity index (χ3n) is 4.75. The van der Waals surface area contributed by atoms with Gasteiger partial charge >= 0.3 is 18.0 Å². The van der Waals surface area contributed by atoms with Crippen LogP contribution in [0.2, 0.25) is 0 Å². The van der Waals surface area contributed by atoms with Crippen molar-refractivity contribution in [3.05, 3.63) is 78.1 Å². The van der Waals surface area contributed by atoms with Crippen LogP contribution in [-0.2, 0) is 26.3 Å². The standard InChI is InChI=1S/C21H27N3O2S.C4H4O4/c1-17(25)27-16-12-21(2,19-8-4-3-5-9-19)24-20(26)23-13-6-7-18-10-14-22-15-11-18;5-3(6)1-2-4(7)8/h3-5,8-11,14-15H,6-7,12-13,16H2,1-2H3,(H2,23,24,26);1-2H,(H,5,6)(H,7,8)/b;2-1+. The molecular weight excluding hydrogens is 470 g/mol. The summed E-state index contributed by atoms with van der Waals surface area (Å²) in [5.74, 6) is -1.86. The lowest BCUT2D eigenvalue weighted by Crippen LogP contribution is -2.48. The Kier molecular flexibility index (Phi) is 13.5. The minimum atomic E-state index is -1.26. The topological polar surface area (TPSA) is 146 Å². The van der Waals surface area contributed by atoms with E-state index in [9.17, 15) is 19.2 Å². The van der Waals surface area contributed by atoms with E-state index in [4.69, 9.17) is 10.2 Å². The van der Waals surface area contributed by atoms with Crippen LogP contribution in [0.1, 0.15) is 37.8 Å². The van der Waals surface area contributed by atoms with Gasteiger partial charge in [0.25, 0.3) is 0 Å². The number of thioether (sulfide) groups is 1. The predicted molar refractivity (Wildman–Crippen MR) is 135 cm³/mol. The van der Waals surface area contributed by atoms with Gasteiger partial charge in [0.15, 0.2) is 5.12 Å². The number of aromatic nitrogens is 1. The molecule has 0 aliphatic rings. The first-order chi connectivity index (χ1) is 16.6. The quantitative estimate of drug-likeness (QED) is 0.270. The molecule has 35 heavy (non-hydrogen) atoms.